The molecular weight excluding hydrogens is 384 g/mol. The van der Waals surface area contributed by atoms with Gasteiger partial charge in [-0.25, -0.2) is 26.3 Å². The smallest absolute Gasteiger partial charge is 0.208 e. The lowest BCUT2D eigenvalue weighted by molar-refractivity contribution is 0.580. The Balaban J connectivity index is 1.98. The van der Waals surface area contributed by atoms with Crippen LogP contribution in [0, 0.1) is 0 Å². The molecule has 6 nitrogen and oxygen atoms in total. The highest BCUT2D eigenvalue weighted by Gasteiger charge is 2.09. The van der Waals surface area contributed by atoms with Crippen molar-refractivity contribution in [2.24, 2.45) is 0 Å². The Morgan fingerprint density at radius 1 is 0.778 bits per heavy atom. The van der Waals surface area contributed by atoms with Gasteiger partial charge in [0.2, 0.25) is 20.0 Å². The highest BCUT2D eigenvalue weighted by atomic mass is 32.2. The highest BCUT2D eigenvalue weighted by molar-refractivity contribution is 7.89. The molecule has 0 bridgehead atoms. The van der Waals surface area contributed by atoms with E-state index in [1.165, 1.54) is 0 Å². The van der Waals surface area contributed by atoms with Crippen molar-refractivity contribution in [1.82, 2.24) is 9.44 Å². The van der Waals surface area contributed by atoms with Crippen LogP contribution < -0.4 is 9.44 Å². The Morgan fingerprint density at radius 2 is 1.26 bits per heavy atom. The normalized spacial score (nSPS) is 13.4. The zero-order valence-corrected chi connectivity index (χ0v) is 17.4. The largest absolute Gasteiger partial charge is 0.215 e. The minimum absolute atomic E-state index is 0.0819. The molecule has 1 atom stereocenters. The van der Waals surface area contributed by atoms with Gasteiger partial charge in [0.1, 0.15) is 0 Å². The van der Waals surface area contributed by atoms with Gasteiger partial charge in [-0.15, -0.1) is 0 Å². The molecule has 2 rings (SSSR count). The maximum Gasteiger partial charge on any atom is 0.208 e. The molecule has 2 aromatic rings. The maximum atomic E-state index is 11.2. The van der Waals surface area contributed by atoms with Crippen LogP contribution in [0.15, 0.2) is 48.5 Å². The summed E-state index contributed by atoms with van der Waals surface area (Å²) in [6.07, 6.45) is 2.94. The fourth-order valence-corrected chi connectivity index (χ4v) is 3.67. The molecule has 0 fully saturated rings. The van der Waals surface area contributed by atoms with Crippen molar-refractivity contribution in [3.63, 3.8) is 0 Å². The molecule has 0 spiro atoms. The van der Waals surface area contributed by atoms with E-state index in [-0.39, 0.29) is 5.92 Å². The van der Waals surface area contributed by atoms with Gasteiger partial charge in [0.15, 0.2) is 0 Å². The molecule has 8 heteroatoms. The van der Waals surface area contributed by atoms with Crippen molar-refractivity contribution in [3.05, 3.63) is 59.7 Å². The molecule has 2 aromatic carbocycles. The first kappa shape index (κ1) is 21.6. The zero-order chi connectivity index (χ0) is 20.1. The van der Waals surface area contributed by atoms with E-state index in [2.05, 4.69) is 9.44 Å². The molecule has 0 radical (unpaired) electrons. The standard InChI is InChI=1S/C19H26N2O4S2/c1-15(14-21-27(3,24)25)17-8-10-19(11-9-17)18-6-4-16(5-7-18)12-13-20-26(2,22)23/h4-11,15,20-21H,12-14H2,1-3H3/t15-/m0/s1. The van der Waals surface area contributed by atoms with E-state index in [4.69, 9.17) is 0 Å². The van der Waals surface area contributed by atoms with Gasteiger partial charge in [0.25, 0.3) is 0 Å². The first-order valence-corrected chi connectivity index (χ1v) is 12.4. The third-order valence-electron chi connectivity index (χ3n) is 4.20. The number of hydrogen-bond donors (Lipinski definition) is 2. The topological polar surface area (TPSA) is 92.3 Å². The van der Waals surface area contributed by atoms with E-state index < -0.39 is 20.0 Å². The summed E-state index contributed by atoms with van der Waals surface area (Å²) in [5.41, 5.74) is 4.27. The van der Waals surface area contributed by atoms with Crippen molar-refractivity contribution in [1.29, 1.82) is 0 Å². The number of benzene rings is 2. The lowest BCUT2D eigenvalue weighted by Gasteiger charge is -2.13. The average Bonchev–Trinajstić information content (AvgIpc) is 2.59. The van der Waals surface area contributed by atoms with Crippen molar-refractivity contribution in [2.75, 3.05) is 25.6 Å². The molecule has 0 amide bonds. The van der Waals surface area contributed by atoms with Gasteiger partial charge in [0, 0.05) is 13.1 Å². The van der Waals surface area contributed by atoms with Gasteiger partial charge in [-0.1, -0.05) is 55.5 Å². The van der Waals surface area contributed by atoms with E-state index >= 15 is 0 Å². The lowest BCUT2D eigenvalue weighted by Crippen LogP contribution is -2.26. The predicted octanol–water partition coefficient (Wildman–Crippen LogP) is 2.10. The van der Waals surface area contributed by atoms with E-state index in [1.807, 2.05) is 55.5 Å². The number of hydrogen-bond acceptors (Lipinski definition) is 4. The van der Waals surface area contributed by atoms with Crippen LogP contribution in [0.5, 0.6) is 0 Å². The molecule has 0 aliphatic rings. The summed E-state index contributed by atoms with van der Waals surface area (Å²) in [5.74, 6) is 0.0819. The molecule has 0 saturated heterocycles. The van der Waals surface area contributed by atoms with Gasteiger partial charge < -0.3 is 0 Å². The Morgan fingerprint density at radius 3 is 1.74 bits per heavy atom. The van der Waals surface area contributed by atoms with Gasteiger partial charge in [-0.05, 0) is 34.6 Å². The molecular formula is C19H26N2O4S2. The van der Waals surface area contributed by atoms with Crippen LogP contribution in [-0.4, -0.2) is 42.4 Å². The molecule has 0 saturated carbocycles. The Bertz CT molecular complexity index is 952. The second-order valence-electron chi connectivity index (χ2n) is 6.76. The molecule has 0 aliphatic carbocycles. The van der Waals surface area contributed by atoms with Crippen LogP contribution in [0.25, 0.3) is 11.1 Å². The third-order valence-corrected chi connectivity index (χ3v) is 5.62. The SMILES string of the molecule is C[C@@H](CNS(C)(=O)=O)c1ccc(-c2ccc(CCNS(C)(=O)=O)cc2)cc1. The highest BCUT2D eigenvalue weighted by Crippen LogP contribution is 2.23. The first-order valence-electron chi connectivity index (χ1n) is 8.62. The Kier molecular flexibility index (Phi) is 7.16. The average molecular weight is 411 g/mol. The summed E-state index contributed by atoms with van der Waals surface area (Å²) < 4.78 is 49.6. The number of rotatable bonds is 9. The van der Waals surface area contributed by atoms with Crippen molar-refractivity contribution >= 4 is 20.0 Å². The second kappa shape index (κ2) is 8.97. The molecule has 27 heavy (non-hydrogen) atoms. The first-order chi connectivity index (χ1) is 12.5. The summed E-state index contributed by atoms with van der Waals surface area (Å²) in [6, 6.07) is 16.1. The molecule has 0 aliphatic heterocycles. The van der Waals surface area contributed by atoms with E-state index in [0.717, 1.165) is 34.8 Å². The van der Waals surface area contributed by atoms with Crippen LogP contribution in [-0.2, 0) is 26.5 Å². The predicted molar refractivity (Wildman–Crippen MR) is 110 cm³/mol. The van der Waals surface area contributed by atoms with Crippen LogP contribution in [0.4, 0.5) is 0 Å². The van der Waals surface area contributed by atoms with Crippen LogP contribution in [0.3, 0.4) is 0 Å². The number of nitrogens with one attached hydrogen (secondary N) is 2. The van der Waals surface area contributed by atoms with Crippen LogP contribution >= 0.6 is 0 Å². The minimum Gasteiger partial charge on any atom is -0.215 e. The molecule has 2 N–H and O–H groups in total. The summed E-state index contributed by atoms with van der Waals surface area (Å²) in [5, 5.41) is 0. The maximum absolute atomic E-state index is 11.2. The third kappa shape index (κ3) is 7.80. The second-order valence-corrected chi connectivity index (χ2v) is 10.4. The zero-order valence-electron chi connectivity index (χ0n) is 15.8. The van der Waals surface area contributed by atoms with Gasteiger partial charge >= 0.3 is 0 Å². The quantitative estimate of drug-likeness (QED) is 0.662. The summed E-state index contributed by atoms with van der Waals surface area (Å²) in [7, 11) is -6.34. The molecule has 0 aromatic heterocycles. The van der Waals surface area contributed by atoms with Gasteiger partial charge in [0.05, 0.1) is 12.5 Å². The van der Waals surface area contributed by atoms with Crippen molar-refractivity contribution in [2.45, 2.75) is 19.3 Å². The molecule has 0 heterocycles. The minimum atomic E-state index is -3.19. The van der Waals surface area contributed by atoms with Gasteiger partial charge in [-0.2, -0.15) is 0 Å². The summed E-state index contributed by atoms with van der Waals surface area (Å²) in [4.78, 5) is 0. The fraction of sp³-hybridized carbons (Fsp3) is 0.368. The monoisotopic (exact) mass is 410 g/mol. The lowest BCUT2D eigenvalue weighted by atomic mass is 9.97. The van der Waals surface area contributed by atoms with E-state index in [9.17, 15) is 16.8 Å². The Labute approximate surface area is 162 Å². The van der Waals surface area contributed by atoms with Crippen LogP contribution in [0.1, 0.15) is 24.0 Å². The van der Waals surface area contributed by atoms with Gasteiger partial charge in [-0.3, -0.25) is 0 Å². The summed E-state index contributed by atoms with van der Waals surface area (Å²) in [6.45, 7) is 2.73. The molecule has 0 unspecified atom stereocenters. The Hall–Kier alpha value is -1.74. The van der Waals surface area contributed by atoms with E-state index in [0.29, 0.717) is 19.5 Å². The van der Waals surface area contributed by atoms with Crippen molar-refractivity contribution < 1.29 is 16.8 Å². The van der Waals surface area contributed by atoms with E-state index in [1.54, 1.807) is 0 Å². The van der Waals surface area contributed by atoms with Crippen LogP contribution in [0.2, 0.25) is 0 Å². The summed E-state index contributed by atoms with van der Waals surface area (Å²) >= 11 is 0. The fourth-order valence-electron chi connectivity index (χ4n) is 2.64. The van der Waals surface area contributed by atoms with Crippen molar-refractivity contribution in [3.8, 4) is 11.1 Å². The number of sulfonamides is 2. The molecule has 148 valence electrons.